The number of nitrogens with zero attached hydrogens (tertiary/aromatic N) is 2. The number of carbonyl (C=O) groups is 1. The van der Waals surface area contributed by atoms with Crippen LogP contribution in [0.2, 0.25) is 0 Å². The van der Waals surface area contributed by atoms with Crippen molar-refractivity contribution in [2.24, 2.45) is 5.92 Å². The Balaban J connectivity index is 1.59. The maximum atomic E-state index is 12.2. The number of carbonyl (C=O) groups excluding carboxylic acids is 1. The predicted molar refractivity (Wildman–Crippen MR) is 95.9 cm³/mol. The van der Waals surface area contributed by atoms with Gasteiger partial charge in [-0.1, -0.05) is 19.8 Å². The molecule has 1 aliphatic carbocycles. The topological polar surface area (TPSA) is 107 Å². The van der Waals surface area contributed by atoms with Gasteiger partial charge in [0.25, 0.3) is 5.69 Å². The van der Waals surface area contributed by atoms with Crippen molar-refractivity contribution in [2.45, 2.75) is 58.0 Å². The second-order valence-corrected chi connectivity index (χ2v) is 6.97. The van der Waals surface area contributed by atoms with Crippen molar-refractivity contribution in [2.75, 3.05) is 0 Å². The van der Waals surface area contributed by atoms with Gasteiger partial charge in [0.05, 0.1) is 16.5 Å². The first-order valence-electron chi connectivity index (χ1n) is 9.03. The number of nitrogens with one attached hydrogen (secondary N) is 1. The first-order valence-corrected chi connectivity index (χ1v) is 9.03. The molecule has 140 valence electrons. The van der Waals surface area contributed by atoms with E-state index in [-0.39, 0.29) is 23.2 Å². The summed E-state index contributed by atoms with van der Waals surface area (Å²) in [6, 6.07) is 4.33. The van der Waals surface area contributed by atoms with Gasteiger partial charge in [-0.05, 0) is 31.2 Å². The molecule has 1 saturated carbocycles. The Morgan fingerprint density at radius 2 is 2.15 bits per heavy atom. The number of nitro groups is 1. The van der Waals surface area contributed by atoms with Crippen LogP contribution in [0.15, 0.2) is 27.4 Å². The first kappa shape index (κ1) is 18.2. The van der Waals surface area contributed by atoms with Crippen molar-refractivity contribution in [3.05, 3.63) is 38.9 Å². The highest BCUT2D eigenvalue weighted by Gasteiger charge is 2.22. The Bertz CT molecular complexity index is 869. The summed E-state index contributed by atoms with van der Waals surface area (Å²) in [7, 11) is 0. The van der Waals surface area contributed by atoms with Gasteiger partial charge >= 0.3 is 5.76 Å². The van der Waals surface area contributed by atoms with E-state index in [0.29, 0.717) is 30.8 Å². The summed E-state index contributed by atoms with van der Waals surface area (Å²) in [5.41, 5.74) is 0.561. The van der Waals surface area contributed by atoms with E-state index < -0.39 is 10.7 Å². The van der Waals surface area contributed by atoms with E-state index in [2.05, 4.69) is 12.2 Å². The third-order valence-corrected chi connectivity index (χ3v) is 5.11. The molecule has 8 heteroatoms. The van der Waals surface area contributed by atoms with Crippen LogP contribution >= 0.6 is 0 Å². The summed E-state index contributed by atoms with van der Waals surface area (Å²) in [5.74, 6) is -0.0639. The van der Waals surface area contributed by atoms with Crippen LogP contribution in [0.1, 0.15) is 45.4 Å². The molecule has 0 aliphatic heterocycles. The van der Waals surface area contributed by atoms with Crippen molar-refractivity contribution in [1.29, 1.82) is 0 Å². The molecular formula is C18H23N3O5. The van der Waals surface area contributed by atoms with Gasteiger partial charge in [-0.2, -0.15) is 0 Å². The van der Waals surface area contributed by atoms with Crippen LogP contribution in [0.5, 0.6) is 0 Å². The Morgan fingerprint density at radius 3 is 2.88 bits per heavy atom. The highest BCUT2D eigenvalue weighted by molar-refractivity contribution is 5.77. The zero-order chi connectivity index (χ0) is 18.7. The molecule has 1 aromatic heterocycles. The minimum absolute atomic E-state index is 0.000220. The summed E-state index contributed by atoms with van der Waals surface area (Å²) < 4.78 is 6.50. The van der Waals surface area contributed by atoms with E-state index in [1.807, 2.05) is 0 Å². The fraction of sp³-hybridized carbons (Fsp3) is 0.556. The lowest BCUT2D eigenvalue weighted by Crippen LogP contribution is -2.41. The average molecular weight is 361 g/mol. The molecule has 0 radical (unpaired) electrons. The van der Waals surface area contributed by atoms with Crippen LogP contribution in [-0.4, -0.2) is 21.4 Å². The lowest BCUT2D eigenvalue weighted by molar-refractivity contribution is -0.384. The van der Waals surface area contributed by atoms with Crippen LogP contribution in [0.4, 0.5) is 5.69 Å². The summed E-state index contributed by atoms with van der Waals surface area (Å²) in [5, 5.41) is 13.9. The molecule has 1 aromatic carbocycles. The number of hydrogen-bond acceptors (Lipinski definition) is 5. The molecule has 1 N–H and O–H groups in total. The Hall–Kier alpha value is -2.64. The number of nitro benzene ring substituents is 1. The normalized spacial score (nSPS) is 20.2. The molecule has 1 fully saturated rings. The fourth-order valence-electron chi connectivity index (χ4n) is 3.59. The Morgan fingerprint density at radius 1 is 1.38 bits per heavy atom. The Labute approximate surface area is 150 Å². The zero-order valence-electron chi connectivity index (χ0n) is 14.8. The van der Waals surface area contributed by atoms with Crippen LogP contribution < -0.4 is 11.1 Å². The number of oxazole rings is 1. The first-order chi connectivity index (χ1) is 12.5. The number of rotatable bonds is 6. The molecular weight excluding hydrogens is 338 g/mol. The van der Waals surface area contributed by atoms with Gasteiger partial charge in [-0.25, -0.2) is 4.79 Å². The summed E-state index contributed by atoms with van der Waals surface area (Å²) >= 11 is 0. The molecule has 0 bridgehead atoms. The van der Waals surface area contributed by atoms with Crippen LogP contribution in [-0.2, 0) is 11.3 Å². The molecule has 0 saturated heterocycles. The highest BCUT2D eigenvalue weighted by atomic mass is 16.6. The van der Waals surface area contributed by atoms with Gasteiger partial charge in [0.15, 0.2) is 5.58 Å². The predicted octanol–water partition coefficient (Wildman–Crippen LogP) is 2.98. The van der Waals surface area contributed by atoms with E-state index in [0.717, 1.165) is 19.3 Å². The molecule has 1 aliphatic rings. The van der Waals surface area contributed by atoms with Crippen LogP contribution in [0.3, 0.4) is 0 Å². The number of aryl methyl sites for hydroxylation is 1. The lowest BCUT2D eigenvalue weighted by Gasteiger charge is -2.29. The SMILES string of the molecule is C[C@H]1CCCC[C@H]1NC(=O)CCCn1c(=O)oc2cc([N+](=O)[O-])ccc21. The molecule has 2 atom stereocenters. The number of aromatic nitrogens is 1. The second-order valence-electron chi connectivity index (χ2n) is 6.97. The summed E-state index contributed by atoms with van der Waals surface area (Å²) in [6.07, 6.45) is 5.37. The molecule has 26 heavy (non-hydrogen) atoms. The van der Waals surface area contributed by atoms with E-state index >= 15 is 0 Å². The van der Waals surface area contributed by atoms with E-state index in [1.165, 1.54) is 29.2 Å². The maximum Gasteiger partial charge on any atom is 0.419 e. The van der Waals surface area contributed by atoms with Gasteiger partial charge in [-0.15, -0.1) is 0 Å². The molecule has 1 heterocycles. The van der Waals surface area contributed by atoms with Gasteiger partial charge in [0, 0.05) is 25.1 Å². The smallest absolute Gasteiger partial charge is 0.407 e. The molecule has 8 nitrogen and oxygen atoms in total. The standard InChI is InChI=1S/C18H23N3O5/c1-12-5-2-3-6-14(12)19-17(22)7-4-10-20-15-9-8-13(21(24)25)11-16(15)26-18(20)23/h8-9,11-12,14H,2-7,10H2,1H3,(H,19,22)/t12-,14+/m0/s1. The summed E-state index contributed by atoms with van der Waals surface area (Å²) in [6.45, 7) is 2.50. The average Bonchev–Trinajstić information content (AvgIpc) is 2.91. The van der Waals surface area contributed by atoms with Crippen LogP contribution in [0.25, 0.3) is 11.1 Å². The van der Waals surface area contributed by atoms with Gasteiger partial charge in [0.1, 0.15) is 0 Å². The van der Waals surface area contributed by atoms with Crippen molar-refractivity contribution < 1.29 is 14.1 Å². The number of amides is 1. The fourth-order valence-corrected chi connectivity index (χ4v) is 3.59. The van der Waals surface area contributed by atoms with Gasteiger partial charge in [-0.3, -0.25) is 19.5 Å². The molecule has 0 spiro atoms. The monoisotopic (exact) mass is 361 g/mol. The summed E-state index contributed by atoms with van der Waals surface area (Å²) in [4.78, 5) is 34.4. The zero-order valence-corrected chi connectivity index (χ0v) is 14.8. The van der Waals surface area contributed by atoms with Gasteiger partial charge in [0.2, 0.25) is 5.91 Å². The number of hydrogen-bond donors (Lipinski definition) is 1. The molecule has 3 rings (SSSR count). The number of benzene rings is 1. The van der Waals surface area contributed by atoms with E-state index in [9.17, 15) is 19.7 Å². The largest absolute Gasteiger partial charge is 0.419 e. The van der Waals surface area contributed by atoms with Crippen molar-refractivity contribution >= 4 is 22.7 Å². The maximum absolute atomic E-state index is 12.2. The van der Waals surface area contributed by atoms with E-state index in [1.54, 1.807) is 0 Å². The minimum atomic E-state index is -0.568. The Kier molecular flexibility index (Phi) is 5.39. The third kappa shape index (κ3) is 3.95. The molecule has 0 unspecified atom stereocenters. The van der Waals surface area contributed by atoms with E-state index in [4.69, 9.17) is 4.42 Å². The van der Waals surface area contributed by atoms with Crippen LogP contribution in [0, 0.1) is 16.0 Å². The van der Waals surface area contributed by atoms with Gasteiger partial charge < -0.3 is 9.73 Å². The quantitative estimate of drug-likeness (QED) is 0.629. The molecule has 1 amide bonds. The lowest BCUT2D eigenvalue weighted by atomic mass is 9.86. The van der Waals surface area contributed by atoms with Crippen molar-refractivity contribution in [3.8, 4) is 0 Å². The minimum Gasteiger partial charge on any atom is -0.407 e. The second kappa shape index (κ2) is 7.72. The van der Waals surface area contributed by atoms with Crippen molar-refractivity contribution in [1.82, 2.24) is 9.88 Å². The third-order valence-electron chi connectivity index (χ3n) is 5.11. The number of non-ortho nitro benzene ring substituents is 1. The molecule has 2 aromatic rings. The highest BCUT2D eigenvalue weighted by Crippen LogP contribution is 2.24. The number of fused-ring (bicyclic) bond motifs is 1. The van der Waals surface area contributed by atoms with Crippen molar-refractivity contribution in [3.63, 3.8) is 0 Å².